The van der Waals surface area contributed by atoms with Gasteiger partial charge in [0.2, 0.25) is 0 Å². The van der Waals surface area contributed by atoms with Crippen LogP contribution in [0.5, 0.6) is 0 Å². The molecule has 1 fully saturated rings. The van der Waals surface area contributed by atoms with Gasteiger partial charge in [-0.15, -0.1) is 9.24 Å². The monoisotopic (exact) mass is 88.0 g/mol. The third-order valence-electron chi connectivity index (χ3n) is 1.17. The molecule has 1 aliphatic carbocycles. The predicted octanol–water partition coefficient (Wildman–Crippen LogP) is 1.27. The minimum absolute atomic E-state index is 0.968. The SMILES string of the molecule is C[C@H]1CC1P. The van der Waals surface area contributed by atoms with Crippen molar-refractivity contribution in [2.45, 2.75) is 19.0 Å². The Morgan fingerprint density at radius 3 is 2.00 bits per heavy atom. The van der Waals surface area contributed by atoms with Crippen LogP contribution in [0.1, 0.15) is 13.3 Å². The van der Waals surface area contributed by atoms with Gasteiger partial charge in [-0.25, -0.2) is 0 Å². The second-order valence-corrected chi connectivity index (χ2v) is 2.73. The molecule has 0 nitrogen and oxygen atoms in total. The van der Waals surface area contributed by atoms with E-state index >= 15 is 0 Å². The van der Waals surface area contributed by atoms with Crippen LogP contribution >= 0.6 is 9.24 Å². The van der Waals surface area contributed by atoms with E-state index < -0.39 is 0 Å². The van der Waals surface area contributed by atoms with Crippen molar-refractivity contribution < 1.29 is 0 Å². The maximum Gasteiger partial charge on any atom is -0.0236 e. The highest BCUT2D eigenvalue weighted by Gasteiger charge is 2.26. The number of hydrogen-bond acceptors (Lipinski definition) is 0. The van der Waals surface area contributed by atoms with E-state index in [2.05, 4.69) is 16.2 Å². The van der Waals surface area contributed by atoms with Gasteiger partial charge in [-0.05, 0) is 18.0 Å². The second kappa shape index (κ2) is 0.944. The Labute approximate surface area is 35.2 Å². The van der Waals surface area contributed by atoms with E-state index in [0.717, 1.165) is 11.6 Å². The highest BCUT2D eigenvalue weighted by molar-refractivity contribution is 7.18. The quantitative estimate of drug-likeness (QED) is 0.391. The van der Waals surface area contributed by atoms with Gasteiger partial charge in [-0.2, -0.15) is 0 Å². The first kappa shape index (κ1) is 3.61. The Kier molecular flexibility index (Phi) is 0.682. The first-order chi connectivity index (χ1) is 2.30. The Morgan fingerprint density at radius 1 is 1.80 bits per heavy atom. The summed E-state index contributed by atoms with van der Waals surface area (Å²) in [5.41, 5.74) is 0.968. The average molecular weight is 88.1 g/mol. The molecule has 0 aliphatic heterocycles. The smallest absolute Gasteiger partial charge is 0.0236 e. The van der Waals surface area contributed by atoms with Crippen molar-refractivity contribution in [2.24, 2.45) is 5.92 Å². The van der Waals surface area contributed by atoms with E-state index in [9.17, 15) is 0 Å². The summed E-state index contributed by atoms with van der Waals surface area (Å²) in [5, 5.41) is 0. The minimum Gasteiger partial charge on any atom is -0.134 e. The summed E-state index contributed by atoms with van der Waals surface area (Å²) in [6.45, 7) is 2.28. The Morgan fingerprint density at radius 2 is 2.00 bits per heavy atom. The molecule has 0 bridgehead atoms. The summed E-state index contributed by atoms with van der Waals surface area (Å²) in [5.74, 6) is 1.01. The largest absolute Gasteiger partial charge is 0.134 e. The summed E-state index contributed by atoms with van der Waals surface area (Å²) >= 11 is 0. The summed E-state index contributed by atoms with van der Waals surface area (Å²) < 4.78 is 0. The molecule has 0 heterocycles. The van der Waals surface area contributed by atoms with Gasteiger partial charge >= 0.3 is 0 Å². The van der Waals surface area contributed by atoms with Gasteiger partial charge in [0.05, 0.1) is 0 Å². The maximum absolute atomic E-state index is 2.81. The molecule has 2 unspecified atom stereocenters. The van der Waals surface area contributed by atoms with Crippen LogP contribution in [0.4, 0.5) is 0 Å². The lowest BCUT2D eigenvalue weighted by atomic mass is 10.5. The Hall–Kier alpha value is 0.430. The Bertz CT molecular complexity index is 36.9. The van der Waals surface area contributed by atoms with Crippen LogP contribution in [0.2, 0.25) is 0 Å². The zero-order chi connectivity index (χ0) is 3.86. The standard InChI is InChI=1S/C4H9P/c1-3-2-4(3)5/h3-4H,2,5H2,1H3/t3-,4?/m0/s1. The van der Waals surface area contributed by atoms with Gasteiger partial charge in [0.1, 0.15) is 0 Å². The maximum atomic E-state index is 2.81. The number of hydrogen-bond donors (Lipinski definition) is 0. The number of rotatable bonds is 0. The topological polar surface area (TPSA) is 0 Å². The van der Waals surface area contributed by atoms with Crippen molar-refractivity contribution in [3.63, 3.8) is 0 Å². The van der Waals surface area contributed by atoms with Gasteiger partial charge in [0.25, 0.3) is 0 Å². The molecule has 1 aliphatic rings. The fraction of sp³-hybridized carbons (Fsp3) is 1.00. The van der Waals surface area contributed by atoms with E-state index in [1.165, 1.54) is 6.42 Å². The fourth-order valence-corrected chi connectivity index (χ4v) is 0.780. The zero-order valence-corrected chi connectivity index (χ0v) is 4.59. The highest BCUT2D eigenvalue weighted by Crippen LogP contribution is 2.36. The van der Waals surface area contributed by atoms with E-state index in [-0.39, 0.29) is 0 Å². The predicted molar refractivity (Wildman–Crippen MR) is 27.3 cm³/mol. The minimum atomic E-state index is 0.968. The van der Waals surface area contributed by atoms with Crippen LogP contribution in [0.25, 0.3) is 0 Å². The summed E-state index contributed by atoms with van der Waals surface area (Å²) in [7, 11) is 2.81. The molecule has 0 aromatic carbocycles. The molecule has 0 radical (unpaired) electrons. The van der Waals surface area contributed by atoms with Crippen molar-refractivity contribution in [1.82, 2.24) is 0 Å². The summed E-state index contributed by atoms with van der Waals surface area (Å²) in [6, 6.07) is 0. The molecule has 0 amide bonds. The van der Waals surface area contributed by atoms with Crippen molar-refractivity contribution >= 4 is 9.24 Å². The van der Waals surface area contributed by atoms with Crippen molar-refractivity contribution in [3.8, 4) is 0 Å². The normalized spacial score (nSPS) is 49.2. The second-order valence-electron chi connectivity index (χ2n) is 1.88. The lowest BCUT2D eigenvalue weighted by Crippen LogP contribution is -1.59. The molecule has 0 aromatic rings. The molecular formula is C4H9P. The van der Waals surface area contributed by atoms with Gasteiger partial charge < -0.3 is 0 Å². The lowest BCUT2D eigenvalue weighted by molar-refractivity contribution is 0.988. The zero-order valence-electron chi connectivity index (χ0n) is 3.44. The summed E-state index contributed by atoms with van der Waals surface area (Å²) in [4.78, 5) is 0. The van der Waals surface area contributed by atoms with Crippen LogP contribution in [-0.4, -0.2) is 5.66 Å². The molecule has 30 valence electrons. The molecule has 0 saturated heterocycles. The van der Waals surface area contributed by atoms with Gasteiger partial charge in [0, 0.05) is 0 Å². The van der Waals surface area contributed by atoms with Crippen LogP contribution in [0, 0.1) is 5.92 Å². The fourth-order valence-electron chi connectivity index (χ4n) is 0.351. The summed E-state index contributed by atoms with van der Waals surface area (Å²) in [6.07, 6.45) is 1.44. The van der Waals surface area contributed by atoms with Crippen molar-refractivity contribution in [3.05, 3.63) is 0 Å². The molecule has 3 atom stereocenters. The van der Waals surface area contributed by atoms with E-state index in [1.54, 1.807) is 0 Å². The van der Waals surface area contributed by atoms with Gasteiger partial charge in [-0.1, -0.05) is 6.92 Å². The lowest BCUT2D eigenvalue weighted by Gasteiger charge is -1.67. The third-order valence-corrected chi connectivity index (χ3v) is 2.10. The first-order valence-corrected chi connectivity index (χ1v) is 2.73. The van der Waals surface area contributed by atoms with Crippen LogP contribution < -0.4 is 0 Å². The van der Waals surface area contributed by atoms with Crippen LogP contribution in [0.3, 0.4) is 0 Å². The van der Waals surface area contributed by atoms with Crippen LogP contribution in [-0.2, 0) is 0 Å². The highest BCUT2D eigenvalue weighted by atomic mass is 31.0. The van der Waals surface area contributed by atoms with Crippen LogP contribution in [0.15, 0.2) is 0 Å². The van der Waals surface area contributed by atoms with Gasteiger partial charge in [0.15, 0.2) is 0 Å². The van der Waals surface area contributed by atoms with Gasteiger partial charge in [-0.3, -0.25) is 0 Å². The average Bonchev–Trinajstić information content (AvgIpc) is 1.79. The van der Waals surface area contributed by atoms with E-state index in [0.29, 0.717) is 0 Å². The molecular weight excluding hydrogens is 79.0 g/mol. The Balaban J connectivity index is 2.20. The molecule has 0 aromatic heterocycles. The van der Waals surface area contributed by atoms with E-state index in [1.807, 2.05) is 0 Å². The van der Waals surface area contributed by atoms with Crippen molar-refractivity contribution in [1.29, 1.82) is 0 Å². The first-order valence-electron chi connectivity index (χ1n) is 2.06. The molecule has 1 saturated carbocycles. The van der Waals surface area contributed by atoms with Crippen molar-refractivity contribution in [2.75, 3.05) is 0 Å². The molecule has 1 heteroatoms. The molecule has 5 heavy (non-hydrogen) atoms. The molecule has 0 spiro atoms. The molecule has 0 N–H and O–H groups in total. The molecule has 1 rings (SSSR count). The van der Waals surface area contributed by atoms with E-state index in [4.69, 9.17) is 0 Å². The third kappa shape index (κ3) is 0.633.